The van der Waals surface area contributed by atoms with E-state index in [0.717, 1.165) is 28.4 Å². The molecular weight excluding hydrogens is 445 g/mol. The summed E-state index contributed by atoms with van der Waals surface area (Å²) < 4.78 is 49.9. The van der Waals surface area contributed by atoms with Gasteiger partial charge in [0.25, 0.3) is 0 Å². The number of alkyl halides is 3. The maximum absolute atomic E-state index is 13.1. The van der Waals surface area contributed by atoms with Crippen molar-refractivity contribution in [3.05, 3.63) is 70.7 Å². The Bertz CT molecular complexity index is 1110. The molecule has 0 bridgehead atoms. The molecule has 2 aromatic carbocycles. The SMILES string of the molecule is CCOc1ccccc1C(=O)OCc1csc(N(C(C)=O)c2cccc(C(F)(F)F)c2)n1. The standard InChI is InChI=1S/C22H19F3N2O4S/c1-3-30-19-10-5-4-9-18(19)20(29)31-12-16-13-32-21(26-16)27(14(2)28)17-8-6-7-15(11-17)22(23,24)25/h4-11,13H,3,12H2,1-2H3. The summed E-state index contributed by atoms with van der Waals surface area (Å²) in [5.74, 6) is -0.718. The number of para-hydroxylation sites is 1. The van der Waals surface area contributed by atoms with Gasteiger partial charge < -0.3 is 9.47 Å². The second kappa shape index (κ2) is 9.82. The minimum Gasteiger partial charge on any atom is -0.493 e. The molecule has 32 heavy (non-hydrogen) atoms. The molecule has 0 saturated carbocycles. The van der Waals surface area contributed by atoms with Crippen LogP contribution in [-0.2, 0) is 22.3 Å². The lowest BCUT2D eigenvalue weighted by atomic mass is 10.2. The molecule has 0 fully saturated rings. The fourth-order valence-electron chi connectivity index (χ4n) is 2.85. The van der Waals surface area contributed by atoms with Gasteiger partial charge in [-0.3, -0.25) is 9.69 Å². The second-order valence-corrected chi connectivity index (χ2v) is 7.37. The molecule has 1 amide bonds. The van der Waals surface area contributed by atoms with Crippen LogP contribution in [0.4, 0.5) is 24.0 Å². The third-order valence-electron chi connectivity index (χ3n) is 4.24. The highest BCUT2D eigenvalue weighted by Gasteiger charge is 2.31. The Labute approximate surface area is 186 Å². The number of hydrogen-bond donors (Lipinski definition) is 0. The Morgan fingerprint density at radius 3 is 2.56 bits per heavy atom. The van der Waals surface area contributed by atoms with E-state index in [2.05, 4.69) is 4.98 Å². The molecule has 0 radical (unpaired) electrons. The highest BCUT2D eigenvalue weighted by Crippen LogP contribution is 2.35. The minimum atomic E-state index is -4.54. The number of rotatable bonds is 7. The number of nitrogens with zero attached hydrogens (tertiary/aromatic N) is 2. The van der Waals surface area contributed by atoms with Crippen molar-refractivity contribution in [1.29, 1.82) is 0 Å². The van der Waals surface area contributed by atoms with E-state index in [4.69, 9.17) is 9.47 Å². The van der Waals surface area contributed by atoms with E-state index in [0.29, 0.717) is 18.1 Å². The van der Waals surface area contributed by atoms with Crippen LogP contribution in [0.5, 0.6) is 5.75 Å². The molecule has 3 aromatic rings. The third-order valence-corrected chi connectivity index (χ3v) is 5.11. The summed E-state index contributed by atoms with van der Waals surface area (Å²) in [4.78, 5) is 29.9. The van der Waals surface area contributed by atoms with E-state index in [1.54, 1.807) is 36.6 Å². The number of ether oxygens (including phenoxy) is 2. The number of aromatic nitrogens is 1. The van der Waals surface area contributed by atoms with Crippen LogP contribution in [0.25, 0.3) is 0 Å². The van der Waals surface area contributed by atoms with Crippen molar-refractivity contribution in [2.75, 3.05) is 11.5 Å². The number of benzene rings is 2. The number of anilines is 2. The maximum Gasteiger partial charge on any atom is 0.416 e. The van der Waals surface area contributed by atoms with Gasteiger partial charge in [0.1, 0.15) is 17.9 Å². The average Bonchev–Trinajstić information content (AvgIpc) is 3.20. The smallest absolute Gasteiger partial charge is 0.416 e. The van der Waals surface area contributed by atoms with Gasteiger partial charge >= 0.3 is 12.1 Å². The molecule has 0 N–H and O–H groups in total. The Morgan fingerprint density at radius 1 is 1.12 bits per heavy atom. The molecule has 168 valence electrons. The number of carbonyl (C=O) groups excluding carboxylic acids is 2. The molecule has 0 atom stereocenters. The molecule has 0 aliphatic carbocycles. The van der Waals surface area contributed by atoms with Gasteiger partial charge in [-0.05, 0) is 37.3 Å². The highest BCUT2D eigenvalue weighted by atomic mass is 32.1. The first kappa shape index (κ1) is 23.3. The zero-order valence-corrected chi connectivity index (χ0v) is 18.0. The molecule has 0 aliphatic heterocycles. The van der Waals surface area contributed by atoms with Crippen LogP contribution in [0.3, 0.4) is 0 Å². The van der Waals surface area contributed by atoms with Crippen molar-refractivity contribution >= 4 is 34.0 Å². The molecule has 3 rings (SSSR count). The quantitative estimate of drug-likeness (QED) is 0.426. The van der Waals surface area contributed by atoms with Gasteiger partial charge in [0, 0.05) is 12.3 Å². The molecule has 0 aliphatic rings. The van der Waals surface area contributed by atoms with E-state index in [1.807, 2.05) is 0 Å². The summed E-state index contributed by atoms with van der Waals surface area (Å²) in [5, 5.41) is 1.73. The summed E-state index contributed by atoms with van der Waals surface area (Å²) in [6.45, 7) is 3.23. The average molecular weight is 464 g/mol. The van der Waals surface area contributed by atoms with Gasteiger partial charge in [-0.1, -0.05) is 18.2 Å². The maximum atomic E-state index is 13.1. The Balaban J connectivity index is 1.77. The number of halogens is 3. The van der Waals surface area contributed by atoms with E-state index >= 15 is 0 Å². The zero-order chi connectivity index (χ0) is 23.3. The zero-order valence-electron chi connectivity index (χ0n) is 17.2. The van der Waals surface area contributed by atoms with E-state index in [1.165, 1.54) is 19.1 Å². The Morgan fingerprint density at radius 2 is 1.88 bits per heavy atom. The summed E-state index contributed by atoms with van der Waals surface area (Å²) >= 11 is 1.05. The Kier molecular flexibility index (Phi) is 7.14. The first-order valence-corrected chi connectivity index (χ1v) is 10.4. The van der Waals surface area contributed by atoms with Crippen LogP contribution >= 0.6 is 11.3 Å². The normalized spacial score (nSPS) is 11.2. The molecule has 0 spiro atoms. The number of amides is 1. The fraction of sp³-hybridized carbons (Fsp3) is 0.227. The van der Waals surface area contributed by atoms with Crippen LogP contribution < -0.4 is 9.64 Å². The molecule has 10 heteroatoms. The van der Waals surface area contributed by atoms with Crippen molar-refractivity contribution in [2.24, 2.45) is 0 Å². The van der Waals surface area contributed by atoms with Crippen LogP contribution in [0.1, 0.15) is 35.5 Å². The second-order valence-electron chi connectivity index (χ2n) is 6.53. The van der Waals surface area contributed by atoms with Crippen LogP contribution in [0, 0.1) is 0 Å². The van der Waals surface area contributed by atoms with Gasteiger partial charge in [-0.25, -0.2) is 9.78 Å². The summed E-state index contributed by atoms with van der Waals surface area (Å²) in [5.41, 5.74) is -0.222. The predicted octanol–water partition coefficient (Wildman–Crippen LogP) is 5.60. The van der Waals surface area contributed by atoms with Crippen molar-refractivity contribution in [1.82, 2.24) is 4.98 Å². The minimum absolute atomic E-state index is 0.0378. The molecule has 0 unspecified atom stereocenters. The number of esters is 1. The van der Waals surface area contributed by atoms with Crippen molar-refractivity contribution in [3.8, 4) is 5.75 Å². The van der Waals surface area contributed by atoms with Crippen molar-refractivity contribution < 1.29 is 32.2 Å². The monoisotopic (exact) mass is 464 g/mol. The molecule has 1 aromatic heterocycles. The van der Waals surface area contributed by atoms with Crippen molar-refractivity contribution in [3.63, 3.8) is 0 Å². The van der Waals surface area contributed by atoms with Crippen molar-refractivity contribution in [2.45, 2.75) is 26.6 Å². The lowest BCUT2D eigenvalue weighted by molar-refractivity contribution is -0.137. The summed E-state index contributed by atoms with van der Waals surface area (Å²) in [7, 11) is 0. The number of thiazole rings is 1. The topological polar surface area (TPSA) is 68.7 Å². The third kappa shape index (κ3) is 5.44. The Hall–Kier alpha value is -3.40. The summed E-state index contributed by atoms with van der Waals surface area (Å²) in [6, 6.07) is 11.1. The van der Waals surface area contributed by atoms with Crippen LogP contribution in [0.2, 0.25) is 0 Å². The lowest BCUT2D eigenvalue weighted by Gasteiger charge is -2.19. The fourth-order valence-corrected chi connectivity index (χ4v) is 3.72. The van der Waals surface area contributed by atoms with E-state index < -0.39 is 23.6 Å². The van der Waals surface area contributed by atoms with Gasteiger partial charge in [0.2, 0.25) is 5.91 Å². The molecule has 0 saturated heterocycles. The van der Waals surface area contributed by atoms with Crippen LogP contribution in [0.15, 0.2) is 53.9 Å². The van der Waals surface area contributed by atoms with Gasteiger partial charge in [-0.2, -0.15) is 13.2 Å². The first-order chi connectivity index (χ1) is 15.2. The summed E-state index contributed by atoms with van der Waals surface area (Å²) in [6.07, 6.45) is -4.54. The molecular formula is C22H19F3N2O4S. The van der Waals surface area contributed by atoms with Gasteiger partial charge in [0.05, 0.1) is 23.6 Å². The molecule has 1 heterocycles. The highest BCUT2D eigenvalue weighted by molar-refractivity contribution is 7.14. The predicted molar refractivity (Wildman–Crippen MR) is 113 cm³/mol. The first-order valence-electron chi connectivity index (χ1n) is 9.52. The van der Waals surface area contributed by atoms with Gasteiger partial charge in [0.15, 0.2) is 5.13 Å². The lowest BCUT2D eigenvalue weighted by Crippen LogP contribution is -2.23. The largest absolute Gasteiger partial charge is 0.493 e. The molecule has 6 nitrogen and oxygen atoms in total. The number of hydrogen-bond acceptors (Lipinski definition) is 6. The van der Waals surface area contributed by atoms with E-state index in [9.17, 15) is 22.8 Å². The number of carbonyl (C=O) groups is 2. The van der Waals surface area contributed by atoms with Gasteiger partial charge in [-0.15, -0.1) is 11.3 Å². The van der Waals surface area contributed by atoms with Crippen LogP contribution in [-0.4, -0.2) is 23.5 Å². The van der Waals surface area contributed by atoms with E-state index in [-0.39, 0.29) is 23.0 Å².